The maximum absolute atomic E-state index is 12.9. The second-order valence-corrected chi connectivity index (χ2v) is 18.6. The molecule has 0 aromatic heterocycles. The van der Waals surface area contributed by atoms with Crippen LogP contribution in [-0.2, 0) is 28.6 Å². The van der Waals surface area contributed by atoms with Gasteiger partial charge in [0.15, 0.2) is 6.10 Å². The number of hydrogen-bond donors (Lipinski definition) is 0. The third kappa shape index (κ3) is 57.7. The highest BCUT2D eigenvalue weighted by Crippen LogP contribution is 2.14. The molecule has 6 nitrogen and oxygen atoms in total. The molecule has 0 rings (SSSR count). The lowest BCUT2D eigenvalue weighted by Gasteiger charge is -2.18. The summed E-state index contributed by atoms with van der Waals surface area (Å²) >= 11 is 0. The van der Waals surface area contributed by atoms with Gasteiger partial charge in [0, 0.05) is 19.3 Å². The van der Waals surface area contributed by atoms with Gasteiger partial charge in [0.05, 0.1) is 0 Å². The molecule has 6 heteroatoms. The third-order valence-corrected chi connectivity index (χ3v) is 11.6. The van der Waals surface area contributed by atoms with Crippen molar-refractivity contribution in [3.05, 3.63) is 170 Å². The zero-order valence-electron chi connectivity index (χ0n) is 47.0. The van der Waals surface area contributed by atoms with Crippen LogP contribution in [0.4, 0.5) is 0 Å². The van der Waals surface area contributed by atoms with Gasteiger partial charge in [-0.2, -0.15) is 0 Å². The van der Waals surface area contributed by atoms with Crippen molar-refractivity contribution in [2.24, 2.45) is 0 Å². The van der Waals surface area contributed by atoms with Gasteiger partial charge in [0.25, 0.3) is 0 Å². The predicted octanol–water partition coefficient (Wildman–Crippen LogP) is 19.9. The number of rotatable bonds is 50. The molecule has 1 atom stereocenters. The highest BCUT2D eigenvalue weighted by atomic mass is 16.6. The van der Waals surface area contributed by atoms with E-state index in [1.165, 1.54) is 44.9 Å². The van der Waals surface area contributed by atoms with Crippen LogP contribution in [0.1, 0.15) is 220 Å². The SMILES string of the molecule is CC/C=C\C/C=C\C/C=C\C/C=C\C/C=C\C/C=C\CCC(=O)OCC(COC(=O)CCCCCCC\C=C/C=C\C=C/C=C\C=C/CCC)OC(=O)CCCCCCCCCCC/C=C\C/C=C\C/C=C\CC. The molecule has 0 spiro atoms. The lowest BCUT2D eigenvalue weighted by Crippen LogP contribution is -2.30. The minimum absolute atomic E-state index is 0.125. The van der Waals surface area contributed by atoms with Crippen LogP contribution in [-0.4, -0.2) is 37.2 Å². The number of unbranched alkanes of at least 4 members (excludes halogenated alkanes) is 15. The first-order valence-corrected chi connectivity index (χ1v) is 29.2. The van der Waals surface area contributed by atoms with Crippen molar-refractivity contribution in [3.63, 3.8) is 0 Å². The molecule has 0 bridgehead atoms. The fourth-order valence-electron chi connectivity index (χ4n) is 7.28. The Morgan fingerprint density at radius 1 is 0.297 bits per heavy atom. The minimum Gasteiger partial charge on any atom is -0.462 e. The van der Waals surface area contributed by atoms with Crippen LogP contribution in [0.2, 0.25) is 0 Å². The number of hydrogen-bond acceptors (Lipinski definition) is 6. The van der Waals surface area contributed by atoms with Crippen LogP contribution in [0.3, 0.4) is 0 Å². The van der Waals surface area contributed by atoms with Crippen LogP contribution in [0.15, 0.2) is 170 Å². The van der Waals surface area contributed by atoms with E-state index in [4.69, 9.17) is 14.2 Å². The Labute approximate surface area is 453 Å². The average molecular weight is 1020 g/mol. The Morgan fingerprint density at radius 2 is 0.608 bits per heavy atom. The van der Waals surface area contributed by atoms with E-state index < -0.39 is 6.10 Å². The van der Waals surface area contributed by atoms with Crippen LogP contribution in [0.25, 0.3) is 0 Å². The maximum Gasteiger partial charge on any atom is 0.306 e. The summed E-state index contributed by atoms with van der Waals surface area (Å²) in [5.41, 5.74) is 0. The van der Waals surface area contributed by atoms with Crippen molar-refractivity contribution < 1.29 is 28.6 Å². The quantitative estimate of drug-likeness (QED) is 0.0199. The first kappa shape index (κ1) is 68.8. The van der Waals surface area contributed by atoms with Gasteiger partial charge in [-0.15, -0.1) is 0 Å². The van der Waals surface area contributed by atoms with Gasteiger partial charge < -0.3 is 14.2 Å². The summed E-state index contributed by atoms with van der Waals surface area (Å²) in [6.45, 7) is 6.22. The molecule has 0 aliphatic heterocycles. The van der Waals surface area contributed by atoms with Gasteiger partial charge in [0.2, 0.25) is 0 Å². The molecule has 0 N–H and O–H groups in total. The molecule has 1 unspecified atom stereocenters. The molecule has 0 heterocycles. The Morgan fingerprint density at radius 3 is 1.03 bits per heavy atom. The fourth-order valence-corrected chi connectivity index (χ4v) is 7.28. The van der Waals surface area contributed by atoms with E-state index in [-0.39, 0.29) is 37.5 Å². The first-order valence-electron chi connectivity index (χ1n) is 29.2. The van der Waals surface area contributed by atoms with E-state index in [0.717, 1.165) is 128 Å². The topological polar surface area (TPSA) is 78.9 Å². The predicted molar refractivity (Wildman–Crippen MR) is 320 cm³/mol. The zero-order chi connectivity index (χ0) is 53.6. The second kappa shape index (κ2) is 60.3. The number of carbonyl (C=O) groups excluding carboxylic acids is 3. The monoisotopic (exact) mass is 1020 g/mol. The molecule has 0 saturated carbocycles. The van der Waals surface area contributed by atoms with Crippen molar-refractivity contribution >= 4 is 17.9 Å². The highest BCUT2D eigenvalue weighted by Gasteiger charge is 2.19. The third-order valence-electron chi connectivity index (χ3n) is 11.6. The summed E-state index contributed by atoms with van der Waals surface area (Å²) in [5, 5.41) is 0. The van der Waals surface area contributed by atoms with E-state index in [0.29, 0.717) is 19.3 Å². The number of allylic oxidation sites excluding steroid dienone is 28. The van der Waals surface area contributed by atoms with Crippen LogP contribution < -0.4 is 0 Å². The van der Waals surface area contributed by atoms with Gasteiger partial charge in [-0.3, -0.25) is 14.4 Å². The second-order valence-electron chi connectivity index (χ2n) is 18.6. The van der Waals surface area contributed by atoms with E-state index in [2.05, 4.69) is 142 Å². The molecular weight excluding hydrogens is 913 g/mol. The van der Waals surface area contributed by atoms with Gasteiger partial charge in [-0.05, 0) is 109 Å². The molecular formula is C68H104O6. The zero-order valence-corrected chi connectivity index (χ0v) is 47.0. The largest absolute Gasteiger partial charge is 0.462 e. The number of carbonyl (C=O) groups is 3. The van der Waals surface area contributed by atoms with Crippen LogP contribution in [0, 0.1) is 0 Å². The maximum atomic E-state index is 12.9. The summed E-state index contributed by atoms with van der Waals surface area (Å²) < 4.78 is 16.8. The van der Waals surface area contributed by atoms with Crippen molar-refractivity contribution in [2.45, 2.75) is 226 Å². The van der Waals surface area contributed by atoms with Gasteiger partial charge in [-0.1, -0.05) is 262 Å². The molecule has 0 aromatic carbocycles. The number of ether oxygens (including phenoxy) is 3. The summed E-state index contributed by atoms with van der Waals surface area (Å²) in [6, 6.07) is 0. The molecule has 0 aliphatic rings. The van der Waals surface area contributed by atoms with Gasteiger partial charge in [0.1, 0.15) is 13.2 Å². The molecule has 0 fully saturated rings. The Kier molecular flexibility index (Phi) is 56.1. The average Bonchev–Trinajstić information content (AvgIpc) is 3.40. The molecule has 412 valence electrons. The minimum atomic E-state index is -0.833. The molecule has 0 aliphatic carbocycles. The number of esters is 3. The lowest BCUT2D eigenvalue weighted by atomic mass is 10.1. The molecule has 0 radical (unpaired) electrons. The van der Waals surface area contributed by atoms with Crippen molar-refractivity contribution in [2.75, 3.05) is 13.2 Å². The summed E-state index contributed by atoms with van der Waals surface area (Å²) in [4.78, 5) is 38.2. The molecule has 74 heavy (non-hydrogen) atoms. The van der Waals surface area contributed by atoms with Crippen molar-refractivity contribution in [1.82, 2.24) is 0 Å². The van der Waals surface area contributed by atoms with Crippen LogP contribution >= 0.6 is 0 Å². The van der Waals surface area contributed by atoms with Crippen molar-refractivity contribution in [3.8, 4) is 0 Å². The molecule has 0 amide bonds. The van der Waals surface area contributed by atoms with Gasteiger partial charge >= 0.3 is 17.9 Å². The van der Waals surface area contributed by atoms with Crippen LogP contribution in [0.5, 0.6) is 0 Å². The standard InChI is InChI=1S/C68H104O6/c1-4-7-10-13-16-19-22-25-28-31-34-37-40-43-46-49-52-55-58-61-67(70)73-64-65(63-72-66(69)60-57-54-51-48-45-42-39-36-33-30-27-24-21-18-15-12-9-6-3)74-68(71)62-59-56-53-50-47-44-41-38-35-32-29-26-23-20-17-14-11-8-5-2/h7-8,10-12,15-21,24-30,33-34,36-37,39,43,46,52,55,65H,4-6,9,13-14,22-23,31-32,35,38,40-42,44-45,47-51,53-54,56-64H2,1-3H3/b10-7-,11-8-,15-12-,19-16-,20-17-,21-18-,27-24-,28-25-,29-26-,33-30-,37-34-,39-36-,46-43-,55-52-. The Hall–Kier alpha value is -5.23. The Bertz CT molecular complexity index is 1740. The van der Waals surface area contributed by atoms with Gasteiger partial charge in [-0.25, -0.2) is 0 Å². The molecule has 0 aromatic rings. The van der Waals surface area contributed by atoms with E-state index in [1.807, 2.05) is 48.6 Å². The highest BCUT2D eigenvalue weighted by molar-refractivity contribution is 5.71. The smallest absolute Gasteiger partial charge is 0.306 e. The summed E-state index contributed by atoms with van der Waals surface area (Å²) in [7, 11) is 0. The lowest BCUT2D eigenvalue weighted by molar-refractivity contribution is -0.166. The normalized spacial score (nSPS) is 13.4. The summed E-state index contributed by atoms with van der Waals surface area (Å²) in [6.07, 6.45) is 89.2. The summed E-state index contributed by atoms with van der Waals surface area (Å²) in [5.74, 6) is -1.05. The van der Waals surface area contributed by atoms with Crippen molar-refractivity contribution in [1.29, 1.82) is 0 Å². The van der Waals surface area contributed by atoms with E-state index in [1.54, 1.807) is 0 Å². The van der Waals surface area contributed by atoms with E-state index in [9.17, 15) is 14.4 Å². The van der Waals surface area contributed by atoms with E-state index >= 15 is 0 Å². The molecule has 0 saturated heterocycles. The fraction of sp³-hybridized carbons (Fsp3) is 0.544. The first-order chi connectivity index (χ1) is 36.5. The Balaban J connectivity index is 4.60.